The number of nitrogens with zero attached hydrogens (tertiary/aromatic N) is 2. The number of carboxylic acids is 1. The van der Waals surface area contributed by atoms with Crippen LogP contribution in [-0.4, -0.2) is 55.6 Å². The van der Waals surface area contributed by atoms with E-state index in [1.165, 1.54) is 0 Å². The number of aromatic nitrogens is 1. The number of benzene rings is 2. The molecule has 0 bridgehead atoms. The van der Waals surface area contributed by atoms with Gasteiger partial charge in [-0.25, -0.2) is 4.98 Å². The second-order valence-corrected chi connectivity index (χ2v) is 10.3. The summed E-state index contributed by atoms with van der Waals surface area (Å²) in [5, 5.41) is 14.2. The second kappa shape index (κ2) is 11.8. The van der Waals surface area contributed by atoms with E-state index in [-0.39, 0.29) is 12.3 Å². The summed E-state index contributed by atoms with van der Waals surface area (Å²) >= 11 is 1.68. The molecule has 2 heterocycles. The zero-order valence-electron chi connectivity index (χ0n) is 20.8. The van der Waals surface area contributed by atoms with Gasteiger partial charge in [-0.15, -0.1) is 11.3 Å². The molecule has 0 spiro atoms. The molecule has 8 heteroatoms. The molecule has 0 aliphatic carbocycles. The van der Waals surface area contributed by atoms with Gasteiger partial charge in [-0.3, -0.25) is 4.79 Å². The average molecular weight is 498 g/mol. The molecule has 0 radical (unpaired) electrons. The highest BCUT2D eigenvalue weighted by Gasteiger charge is 2.25. The van der Waals surface area contributed by atoms with Crippen LogP contribution in [0.2, 0.25) is 0 Å². The van der Waals surface area contributed by atoms with Crippen molar-refractivity contribution in [3.63, 3.8) is 0 Å². The number of methoxy groups -OCH3 is 1. The van der Waals surface area contributed by atoms with Crippen LogP contribution in [0.25, 0.3) is 10.2 Å². The van der Waals surface area contributed by atoms with Crippen LogP contribution in [0.4, 0.5) is 17.1 Å². The van der Waals surface area contributed by atoms with Gasteiger partial charge in [-0.1, -0.05) is 13.0 Å². The van der Waals surface area contributed by atoms with Crippen molar-refractivity contribution in [2.75, 3.05) is 43.7 Å². The van der Waals surface area contributed by atoms with Crippen LogP contribution in [0, 0.1) is 6.92 Å². The molecule has 2 N–H and O–H groups in total. The van der Waals surface area contributed by atoms with Crippen molar-refractivity contribution in [1.82, 2.24) is 4.98 Å². The van der Waals surface area contributed by atoms with Crippen molar-refractivity contribution in [3.05, 3.63) is 47.0 Å². The lowest BCUT2D eigenvalue weighted by Crippen LogP contribution is -2.40. The maximum atomic E-state index is 11.5. The summed E-state index contributed by atoms with van der Waals surface area (Å²) in [4.78, 5) is 18.6. The Hall–Kier alpha value is -2.68. The Bertz CT molecular complexity index is 1140. The van der Waals surface area contributed by atoms with Gasteiger partial charge < -0.3 is 24.8 Å². The van der Waals surface area contributed by atoms with E-state index in [0.29, 0.717) is 12.6 Å². The molecule has 35 heavy (non-hydrogen) atoms. The molecule has 1 aliphatic heterocycles. The molecule has 4 rings (SSSR count). The maximum absolute atomic E-state index is 11.5. The summed E-state index contributed by atoms with van der Waals surface area (Å²) in [6, 6.07) is 13.0. The summed E-state index contributed by atoms with van der Waals surface area (Å²) < 4.78 is 12.1. The van der Waals surface area contributed by atoms with Gasteiger partial charge in [0.05, 0.1) is 39.6 Å². The number of fused-ring (bicyclic) bond motifs is 1. The molecule has 2 aromatic carbocycles. The molecule has 3 aromatic rings. The number of hydrogen-bond acceptors (Lipinski definition) is 7. The lowest BCUT2D eigenvalue weighted by Gasteiger charge is -2.37. The Labute approximate surface area is 211 Å². The second-order valence-electron chi connectivity index (χ2n) is 9.10. The molecule has 0 unspecified atom stereocenters. The van der Waals surface area contributed by atoms with E-state index < -0.39 is 5.97 Å². The number of aryl methyl sites for hydroxylation is 1. The van der Waals surface area contributed by atoms with Crippen molar-refractivity contribution in [3.8, 4) is 0 Å². The summed E-state index contributed by atoms with van der Waals surface area (Å²) in [6.45, 7) is 7.09. The van der Waals surface area contributed by atoms with Gasteiger partial charge in [0.1, 0.15) is 0 Å². The number of thiazole rings is 1. The first-order valence-corrected chi connectivity index (χ1v) is 13.1. The Balaban J connectivity index is 1.75. The third-order valence-corrected chi connectivity index (χ3v) is 7.39. The van der Waals surface area contributed by atoms with Crippen molar-refractivity contribution in [1.29, 1.82) is 0 Å². The summed E-state index contributed by atoms with van der Waals surface area (Å²) in [6.07, 6.45) is 3.06. The number of aliphatic carboxylic acids is 1. The average Bonchev–Trinajstić information content (AvgIpc) is 3.22. The van der Waals surface area contributed by atoms with Gasteiger partial charge in [-0.05, 0) is 62.1 Å². The van der Waals surface area contributed by atoms with Gasteiger partial charge in [0, 0.05) is 44.5 Å². The van der Waals surface area contributed by atoms with Gasteiger partial charge in [0.2, 0.25) is 0 Å². The van der Waals surface area contributed by atoms with Crippen LogP contribution in [0.15, 0.2) is 36.4 Å². The van der Waals surface area contributed by atoms with E-state index in [4.69, 9.17) is 9.47 Å². The molecule has 1 fully saturated rings. The minimum absolute atomic E-state index is 0.0252. The van der Waals surface area contributed by atoms with Crippen LogP contribution >= 0.6 is 11.3 Å². The van der Waals surface area contributed by atoms with Crippen molar-refractivity contribution in [2.45, 2.75) is 51.5 Å². The summed E-state index contributed by atoms with van der Waals surface area (Å²) in [5.74, 6) is -1.05. The van der Waals surface area contributed by atoms with Crippen LogP contribution in [0.1, 0.15) is 49.1 Å². The SMILES string of the molecule is CCCN(c1ccc([C@@H](COC)CC(=O)O)cc1Nc1ccc2nc(C)sc2c1)C1CCOCC1. The van der Waals surface area contributed by atoms with Crippen molar-refractivity contribution < 1.29 is 19.4 Å². The van der Waals surface area contributed by atoms with E-state index in [1.54, 1.807) is 18.4 Å². The van der Waals surface area contributed by atoms with Crippen LogP contribution in [0.3, 0.4) is 0 Å². The third-order valence-electron chi connectivity index (χ3n) is 6.46. The van der Waals surface area contributed by atoms with Gasteiger partial charge in [-0.2, -0.15) is 0 Å². The predicted molar refractivity (Wildman–Crippen MR) is 142 cm³/mol. The smallest absolute Gasteiger partial charge is 0.304 e. The number of carboxylic acid groups (broad SMARTS) is 1. The Morgan fingerprint density at radius 3 is 2.80 bits per heavy atom. The number of carbonyl (C=O) groups is 1. The largest absolute Gasteiger partial charge is 0.481 e. The number of anilines is 3. The molecule has 0 saturated carbocycles. The fourth-order valence-corrected chi connectivity index (χ4v) is 5.72. The lowest BCUT2D eigenvalue weighted by molar-refractivity contribution is -0.137. The molecule has 188 valence electrons. The summed E-state index contributed by atoms with van der Waals surface area (Å²) in [7, 11) is 1.61. The lowest BCUT2D eigenvalue weighted by atomic mass is 9.94. The minimum Gasteiger partial charge on any atom is -0.481 e. The Morgan fingerprint density at radius 1 is 1.29 bits per heavy atom. The highest BCUT2D eigenvalue weighted by molar-refractivity contribution is 7.18. The zero-order chi connectivity index (χ0) is 24.8. The molecule has 7 nitrogen and oxygen atoms in total. The number of ether oxygens (including phenoxy) is 2. The van der Waals surface area contributed by atoms with Gasteiger partial charge in [0.15, 0.2) is 0 Å². The minimum atomic E-state index is -0.827. The first-order chi connectivity index (χ1) is 17.0. The van der Waals surface area contributed by atoms with E-state index >= 15 is 0 Å². The highest BCUT2D eigenvalue weighted by atomic mass is 32.1. The van der Waals surface area contributed by atoms with Crippen molar-refractivity contribution >= 4 is 44.6 Å². The molecular formula is C27H35N3O4S. The fraction of sp³-hybridized carbons (Fsp3) is 0.481. The molecule has 0 amide bonds. The fourth-order valence-electron chi connectivity index (χ4n) is 4.85. The quantitative estimate of drug-likeness (QED) is 0.339. The number of nitrogens with one attached hydrogen (secondary N) is 1. The van der Waals surface area contributed by atoms with Gasteiger partial charge >= 0.3 is 5.97 Å². The highest BCUT2D eigenvalue weighted by Crippen LogP contribution is 2.37. The van der Waals surface area contributed by atoms with E-state index in [0.717, 1.165) is 76.9 Å². The molecule has 1 aromatic heterocycles. The monoisotopic (exact) mass is 497 g/mol. The normalized spacial score (nSPS) is 15.3. The summed E-state index contributed by atoms with van der Waals surface area (Å²) in [5.41, 5.74) is 5.07. The Kier molecular flexibility index (Phi) is 8.59. The van der Waals surface area contributed by atoms with Gasteiger partial charge in [0.25, 0.3) is 0 Å². The third kappa shape index (κ3) is 6.31. The molecular weight excluding hydrogens is 462 g/mol. The zero-order valence-corrected chi connectivity index (χ0v) is 21.6. The Morgan fingerprint density at radius 2 is 2.09 bits per heavy atom. The number of hydrogen-bond donors (Lipinski definition) is 2. The first kappa shape index (κ1) is 25.4. The van der Waals surface area contributed by atoms with E-state index in [2.05, 4.69) is 52.5 Å². The molecule has 1 saturated heterocycles. The van der Waals surface area contributed by atoms with E-state index in [1.807, 2.05) is 13.0 Å². The maximum Gasteiger partial charge on any atom is 0.304 e. The van der Waals surface area contributed by atoms with Crippen molar-refractivity contribution in [2.24, 2.45) is 0 Å². The first-order valence-electron chi connectivity index (χ1n) is 12.3. The topological polar surface area (TPSA) is 83.9 Å². The predicted octanol–water partition coefficient (Wildman–Crippen LogP) is 5.95. The van der Waals surface area contributed by atoms with E-state index in [9.17, 15) is 9.90 Å². The van der Waals surface area contributed by atoms with Crippen LogP contribution in [-0.2, 0) is 14.3 Å². The number of rotatable bonds is 11. The molecule has 1 aliphatic rings. The molecule has 1 atom stereocenters. The van der Waals surface area contributed by atoms with Crippen LogP contribution in [0.5, 0.6) is 0 Å². The standard InChI is InChI=1S/C27H35N3O4S/c1-4-11-30(22-9-12-34-13-10-22)25-8-5-19(20(17-33-3)15-27(31)32)14-24(25)29-21-6-7-23-26(16-21)35-18(2)28-23/h5-8,14,16,20,22,29H,4,9-13,15,17H2,1-3H3,(H,31,32)/t20-/m1/s1. The van der Waals surface area contributed by atoms with Crippen LogP contribution < -0.4 is 10.2 Å².